The molecular formula is C11H15NO3. The molecule has 0 bridgehead atoms. The van der Waals surface area contributed by atoms with Crippen LogP contribution < -0.4 is 9.64 Å². The zero-order valence-electron chi connectivity index (χ0n) is 9.37. The Morgan fingerprint density at radius 2 is 2.07 bits per heavy atom. The highest BCUT2D eigenvalue weighted by molar-refractivity contribution is 5.85. The van der Waals surface area contributed by atoms with Gasteiger partial charge in [0, 0.05) is 19.7 Å². The number of ether oxygens (including phenoxy) is 1. The van der Waals surface area contributed by atoms with Gasteiger partial charge in [-0.15, -0.1) is 0 Å². The molecule has 0 unspecified atom stereocenters. The van der Waals surface area contributed by atoms with Crippen molar-refractivity contribution in [3.8, 4) is 11.5 Å². The first-order chi connectivity index (χ1) is 7.02. The molecule has 0 aliphatic heterocycles. The minimum atomic E-state index is 0.0607. The van der Waals surface area contributed by atoms with E-state index in [2.05, 4.69) is 0 Å². The molecule has 4 nitrogen and oxygen atoms in total. The molecule has 0 heterocycles. The maximum absolute atomic E-state index is 10.8. The van der Waals surface area contributed by atoms with Crippen LogP contribution in [0, 0.1) is 6.92 Å². The number of methoxy groups -OCH3 is 1. The van der Waals surface area contributed by atoms with E-state index in [4.69, 9.17) is 4.74 Å². The Kier molecular flexibility index (Phi) is 3.19. The number of aromatic hydroxyl groups is 1. The van der Waals surface area contributed by atoms with Gasteiger partial charge in [0.05, 0.1) is 12.8 Å². The van der Waals surface area contributed by atoms with Crippen molar-refractivity contribution in [3.05, 3.63) is 17.2 Å². The van der Waals surface area contributed by atoms with Gasteiger partial charge in [0.15, 0.2) is 17.8 Å². The smallest absolute Gasteiger partial charge is 0.181 e. The van der Waals surface area contributed by atoms with Gasteiger partial charge in [0.25, 0.3) is 0 Å². The number of anilines is 1. The zero-order chi connectivity index (χ0) is 11.6. The van der Waals surface area contributed by atoms with Crippen molar-refractivity contribution >= 4 is 12.0 Å². The topological polar surface area (TPSA) is 49.8 Å². The van der Waals surface area contributed by atoms with E-state index in [0.29, 0.717) is 17.0 Å². The number of phenols is 1. The molecule has 4 heteroatoms. The molecule has 0 radical (unpaired) electrons. The first kappa shape index (κ1) is 11.4. The number of hydrogen-bond donors (Lipinski definition) is 1. The summed E-state index contributed by atoms with van der Waals surface area (Å²) >= 11 is 0. The lowest BCUT2D eigenvalue weighted by Gasteiger charge is -2.20. The van der Waals surface area contributed by atoms with E-state index in [1.165, 1.54) is 13.2 Å². The average Bonchev–Trinajstić information content (AvgIpc) is 2.18. The fourth-order valence-electron chi connectivity index (χ4n) is 1.57. The summed E-state index contributed by atoms with van der Waals surface area (Å²) in [6, 6.07) is 1.53. The Bertz CT molecular complexity index is 386. The molecule has 0 aliphatic rings. The highest BCUT2D eigenvalue weighted by Gasteiger charge is 2.16. The minimum absolute atomic E-state index is 0.0607. The largest absolute Gasteiger partial charge is 0.503 e. The lowest BCUT2D eigenvalue weighted by molar-refractivity contribution is 0.112. The second-order valence-corrected chi connectivity index (χ2v) is 3.50. The number of carbonyl (C=O) groups excluding carboxylic acids is 1. The van der Waals surface area contributed by atoms with Gasteiger partial charge in [-0.25, -0.2) is 0 Å². The van der Waals surface area contributed by atoms with Crippen LogP contribution in [0.4, 0.5) is 5.69 Å². The maximum atomic E-state index is 10.8. The maximum Gasteiger partial charge on any atom is 0.181 e. The van der Waals surface area contributed by atoms with Crippen molar-refractivity contribution in [2.45, 2.75) is 6.92 Å². The van der Waals surface area contributed by atoms with Crippen molar-refractivity contribution in [3.63, 3.8) is 0 Å². The van der Waals surface area contributed by atoms with Crippen LogP contribution in [0.15, 0.2) is 6.07 Å². The van der Waals surface area contributed by atoms with Crippen molar-refractivity contribution in [2.75, 3.05) is 26.1 Å². The number of phenolic OH excluding ortho intramolecular Hbond substituents is 1. The Labute approximate surface area is 89.1 Å². The van der Waals surface area contributed by atoms with Crippen LogP contribution >= 0.6 is 0 Å². The van der Waals surface area contributed by atoms with Crippen LogP contribution in [0.3, 0.4) is 0 Å². The quantitative estimate of drug-likeness (QED) is 0.768. The van der Waals surface area contributed by atoms with Crippen molar-refractivity contribution in [2.24, 2.45) is 0 Å². The predicted molar refractivity (Wildman–Crippen MR) is 59.1 cm³/mol. The highest BCUT2D eigenvalue weighted by Crippen LogP contribution is 2.39. The molecule has 0 aromatic heterocycles. The van der Waals surface area contributed by atoms with Gasteiger partial charge in [-0.1, -0.05) is 0 Å². The third-order valence-electron chi connectivity index (χ3n) is 2.33. The fourth-order valence-corrected chi connectivity index (χ4v) is 1.57. The molecule has 0 atom stereocenters. The van der Waals surface area contributed by atoms with Gasteiger partial charge < -0.3 is 14.7 Å². The molecule has 0 aliphatic carbocycles. The van der Waals surface area contributed by atoms with Gasteiger partial charge in [-0.3, -0.25) is 4.79 Å². The van der Waals surface area contributed by atoms with Crippen molar-refractivity contribution < 1.29 is 14.6 Å². The van der Waals surface area contributed by atoms with Crippen LogP contribution in [-0.4, -0.2) is 32.6 Å². The second-order valence-electron chi connectivity index (χ2n) is 3.50. The van der Waals surface area contributed by atoms with Gasteiger partial charge >= 0.3 is 0 Å². The molecule has 1 aromatic rings. The van der Waals surface area contributed by atoms with E-state index in [9.17, 15) is 9.90 Å². The van der Waals surface area contributed by atoms with Gasteiger partial charge in [-0.2, -0.15) is 0 Å². The Morgan fingerprint density at radius 1 is 1.47 bits per heavy atom. The minimum Gasteiger partial charge on any atom is -0.503 e. The lowest BCUT2D eigenvalue weighted by Crippen LogP contribution is -2.12. The average molecular weight is 209 g/mol. The molecule has 0 fully saturated rings. The summed E-state index contributed by atoms with van der Waals surface area (Å²) < 4.78 is 5.00. The number of benzene rings is 1. The third-order valence-corrected chi connectivity index (χ3v) is 2.33. The summed E-state index contributed by atoms with van der Waals surface area (Å²) in [7, 11) is 5.06. The van der Waals surface area contributed by atoms with Crippen molar-refractivity contribution in [1.29, 1.82) is 0 Å². The van der Waals surface area contributed by atoms with Gasteiger partial charge in [0.1, 0.15) is 0 Å². The van der Waals surface area contributed by atoms with Gasteiger partial charge in [0.2, 0.25) is 0 Å². The van der Waals surface area contributed by atoms with Gasteiger partial charge in [-0.05, 0) is 18.6 Å². The number of rotatable bonds is 3. The molecule has 0 saturated carbocycles. The number of carbonyl (C=O) groups is 1. The Morgan fingerprint density at radius 3 is 2.47 bits per heavy atom. The molecular weight excluding hydrogens is 194 g/mol. The normalized spacial score (nSPS) is 9.87. The van der Waals surface area contributed by atoms with Crippen LogP contribution in [0.1, 0.15) is 15.9 Å². The number of aldehydes is 1. The number of nitrogens with zero attached hydrogens (tertiary/aromatic N) is 1. The molecule has 15 heavy (non-hydrogen) atoms. The van der Waals surface area contributed by atoms with E-state index >= 15 is 0 Å². The third kappa shape index (κ3) is 1.88. The zero-order valence-corrected chi connectivity index (χ0v) is 9.37. The van der Waals surface area contributed by atoms with E-state index in [1.807, 2.05) is 0 Å². The van der Waals surface area contributed by atoms with Crippen LogP contribution in [0.25, 0.3) is 0 Å². The molecule has 82 valence electrons. The highest BCUT2D eigenvalue weighted by atomic mass is 16.5. The lowest BCUT2D eigenvalue weighted by atomic mass is 10.1. The summed E-state index contributed by atoms with van der Waals surface area (Å²) in [4.78, 5) is 12.6. The Balaban J connectivity index is 3.53. The molecule has 1 rings (SSSR count). The van der Waals surface area contributed by atoms with E-state index in [1.54, 1.807) is 25.9 Å². The molecule has 0 saturated heterocycles. The van der Waals surface area contributed by atoms with E-state index in [-0.39, 0.29) is 5.75 Å². The standard InChI is InChI=1S/C11H15NO3/c1-7-8(6-13)5-9(15-4)11(14)10(7)12(2)3/h5-6,14H,1-4H3. The van der Waals surface area contributed by atoms with E-state index < -0.39 is 0 Å². The number of hydrogen-bond acceptors (Lipinski definition) is 4. The molecule has 0 amide bonds. The Hall–Kier alpha value is -1.71. The predicted octanol–water partition coefficient (Wildman–Crippen LogP) is 1.59. The van der Waals surface area contributed by atoms with Crippen LogP contribution in [0.2, 0.25) is 0 Å². The first-order valence-corrected chi connectivity index (χ1v) is 4.56. The molecule has 1 aromatic carbocycles. The molecule has 1 N–H and O–H groups in total. The second kappa shape index (κ2) is 4.21. The summed E-state index contributed by atoms with van der Waals surface area (Å²) in [5, 5.41) is 9.88. The van der Waals surface area contributed by atoms with Crippen LogP contribution in [-0.2, 0) is 0 Å². The summed E-state index contributed by atoms with van der Waals surface area (Å²) in [5.41, 5.74) is 1.87. The monoisotopic (exact) mass is 209 g/mol. The molecule has 0 spiro atoms. The van der Waals surface area contributed by atoms with E-state index in [0.717, 1.165) is 11.8 Å². The SMILES string of the molecule is COc1cc(C=O)c(C)c(N(C)C)c1O. The van der Waals surface area contributed by atoms with Crippen LogP contribution in [0.5, 0.6) is 11.5 Å². The fraction of sp³-hybridized carbons (Fsp3) is 0.364. The van der Waals surface area contributed by atoms with Crippen molar-refractivity contribution in [1.82, 2.24) is 0 Å². The first-order valence-electron chi connectivity index (χ1n) is 4.56. The summed E-state index contributed by atoms with van der Waals surface area (Å²) in [5.74, 6) is 0.372. The summed E-state index contributed by atoms with van der Waals surface area (Å²) in [6.07, 6.45) is 0.754. The summed E-state index contributed by atoms with van der Waals surface area (Å²) in [6.45, 7) is 1.79.